The van der Waals surface area contributed by atoms with Gasteiger partial charge in [-0.25, -0.2) is 0 Å². The molecule has 5 aromatic carbocycles. The molecular formula is C52H58O12. The van der Waals surface area contributed by atoms with E-state index in [4.69, 9.17) is 56.8 Å². The van der Waals surface area contributed by atoms with E-state index < -0.39 is 59.8 Å². The molecule has 0 N–H and O–H groups in total. The van der Waals surface area contributed by atoms with E-state index in [9.17, 15) is 0 Å². The molecule has 2 spiro atoms. The predicted molar refractivity (Wildman–Crippen MR) is 235 cm³/mol. The molecule has 0 aliphatic carbocycles. The van der Waals surface area contributed by atoms with Crippen molar-refractivity contribution in [2.75, 3.05) is 26.4 Å². The van der Waals surface area contributed by atoms with E-state index in [1.54, 1.807) is 0 Å². The molecule has 5 aromatic rings. The lowest BCUT2D eigenvalue weighted by Gasteiger charge is -2.46. The van der Waals surface area contributed by atoms with E-state index in [0.717, 1.165) is 22.3 Å². The highest BCUT2D eigenvalue weighted by molar-refractivity contribution is 5.40. The van der Waals surface area contributed by atoms with Crippen LogP contribution in [-0.2, 0) is 73.8 Å². The second-order valence-electron chi connectivity index (χ2n) is 17.5. The predicted octanol–water partition coefficient (Wildman–Crippen LogP) is 8.54. The Labute approximate surface area is 375 Å². The van der Waals surface area contributed by atoms with Gasteiger partial charge in [-0.2, -0.15) is 0 Å². The number of para-hydroxylation sites is 2. The highest BCUT2D eigenvalue weighted by Gasteiger charge is 2.64. The number of rotatable bonds is 17. The summed E-state index contributed by atoms with van der Waals surface area (Å²) in [7, 11) is 0. The molecule has 0 aromatic heterocycles. The van der Waals surface area contributed by atoms with Gasteiger partial charge in [0.05, 0.1) is 33.0 Å². The molecule has 64 heavy (non-hydrogen) atoms. The molecule has 4 aliphatic rings. The largest absolute Gasteiger partial charge is 0.487 e. The van der Waals surface area contributed by atoms with Crippen LogP contribution in [0.3, 0.4) is 0 Å². The third-order valence-corrected chi connectivity index (χ3v) is 11.8. The standard InChI is InChI=1S/C52H58O12/c1-49(2)59-35-51(63-49)48(45(55-30-38-21-11-6-12-22-38)43(34-58-51)53-29-37-19-9-5-10-20-37)61-42-28-18-17-27-41(42)54-33-44-46(56-31-39-23-13-7-14-24-39)47(57-32-40-25-15-8-16-26-40)52(62-44)36-60-50(3,4)64-52/h5-28,43-48H,29-36H2,1-4H3/t43-,44-,45-,46-,47+,48+,51+,52+/m1/s1. The monoisotopic (exact) mass is 874 g/mol. The average Bonchev–Trinajstić information content (AvgIpc) is 3.91. The highest BCUT2D eigenvalue weighted by atomic mass is 16.9. The summed E-state index contributed by atoms with van der Waals surface area (Å²) >= 11 is 0. The molecule has 4 aliphatic heterocycles. The first-order chi connectivity index (χ1) is 31.1. The van der Waals surface area contributed by atoms with Crippen LogP contribution in [0.4, 0.5) is 0 Å². The molecule has 9 rings (SSSR count). The van der Waals surface area contributed by atoms with Gasteiger partial charge in [-0.15, -0.1) is 0 Å². The van der Waals surface area contributed by atoms with Crippen molar-refractivity contribution >= 4 is 0 Å². The van der Waals surface area contributed by atoms with Crippen LogP contribution in [0.2, 0.25) is 0 Å². The number of hydrogen-bond acceptors (Lipinski definition) is 12. The van der Waals surface area contributed by atoms with E-state index >= 15 is 0 Å². The average molecular weight is 875 g/mol. The van der Waals surface area contributed by atoms with E-state index in [-0.39, 0.29) is 26.4 Å². The quantitative estimate of drug-likeness (QED) is 0.0893. The van der Waals surface area contributed by atoms with E-state index in [0.29, 0.717) is 37.9 Å². The fourth-order valence-corrected chi connectivity index (χ4v) is 8.68. The van der Waals surface area contributed by atoms with E-state index in [1.807, 2.05) is 173 Å². The second kappa shape index (κ2) is 19.4. The van der Waals surface area contributed by atoms with Crippen LogP contribution >= 0.6 is 0 Å². The summed E-state index contributed by atoms with van der Waals surface area (Å²) in [5, 5.41) is 0. The minimum Gasteiger partial charge on any atom is -0.487 e. The second-order valence-corrected chi connectivity index (χ2v) is 17.5. The van der Waals surface area contributed by atoms with Crippen molar-refractivity contribution in [3.05, 3.63) is 168 Å². The van der Waals surface area contributed by atoms with Crippen LogP contribution < -0.4 is 9.47 Å². The van der Waals surface area contributed by atoms with Gasteiger partial charge in [0, 0.05) is 0 Å². The fraction of sp³-hybridized carbons (Fsp3) is 0.423. The molecule has 4 heterocycles. The van der Waals surface area contributed by atoms with Crippen LogP contribution in [0.1, 0.15) is 49.9 Å². The lowest BCUT2D eigenvalue weighted by Crippen LogP contribution is -2.65. The summed E-state index contributed by atoms with van der Waals surface area (Å²) in [6.45, 7) is 9.22. The molecule has 0 radical (unpaired) electrons. The summed E-state index contributed by atoms with van der Waals surface area (Å²) in [6.07, 6.45) is -4.00. The summed E-state index contributed by atoms with van der Waals surface area (Å²) in [5.41, 5.74) is 4.04. The minimum absolute atomic E-state index is 0.0618. The number of hydrogen-bond donors (Lipinski definition) is 0. The lowest BCUT2D eigenvalue weighted by atomic mass is 9.96. The topological polar surface area (TPSA) is 111 Å². The van der Waals surface area contributed by atoms with Crippen molar-refractivity contribution in [2.45, 2.75) is 114 Å². The Kier molecular flexibility index (Phi) is 13.5. The van der Waals surface area contributed by atoms with Crippen LogP contribution in [0.5, 0.6) is 11.5 Å². The van der Waals surface area contributed by atoms with Gasteiger partial charge in [0.1, 0.15) is 50.3 Å². The van der Waals surface area contributed by atoms with Gasteiger partial charge in [-0.1, -0.05) is 133 Å². The smallest absolute Gasteiger partial charge is 0.235 e. The first-order valence-electron chi connectivity index (χ1n) is 22.1. The van der Waals surface area contributed by atoms with E-state index in [2.05, 4.69) is 0 Å². The number of ether oxygens (including phenoxy) is 12. The zero-order valence-electron chi connectivity index (χ0n) is 36.9. The van der Waals surface area contributed by atoms with Gasteiger partial charge in [-0.05, 0) is 62.1 Å². The van der Waals surface area contributed by atoms with Crippen LogP contribution in [-0.4, -0.2) is 86.2 Å². The Morgan fingerprint density at radius 3 is 1.44 bits per heavy atom. The summed E-state index contributed by atoms with van der Waals surface area (Å²) in [4.78, 5) is 0. The molecule has 12 heteroatoms. The third-order valence-electron chi connectivity index (χ3n) is 11.8. The Bertz CT molecular complexity index is 2230. The maximum Gasteiger partial charge on any atom is 0.235 e. The molecule has 12 nitrogen and oxygen atoms in total. The Hall–Kier alpha value is -4.70. The van der Waals surface area contributed by atoms with Crippen molar-refractivity contribution in [1.29, 1.82) is 0 Å². The fourth-order valence-electron chi connectivity index (χ4n) is 8.68. The number of benzene rings is 5. The third kappa shape index (κ3) is 10.4. The van der Waals surface area contributed by atoms with Crippen molar-refractivity contribution in [2.24, 2.45) is 0 Å². The Morgan fingerprint density at radius 1 is 0.469 bits per heavy atom. The van der Waals surface area contributed by atoms with Gasteiger partial charge >= 0.3 is 0 Å². The van der Waals surface area contributed by atoms with Crippen molar-refractivity contribution in [3.63, 3.8) is 0 Å². The Balaban J connectivity index is 1.00. The first-order valence-corrected chi connectivity index (χ1v) is 22.1. The Morgan fingerprint density at radius 2 is 0.922 bits per heavy atom. The molecule has 0 bridgehead atoms. The van der Waals surface area contributed by atoms with Crippen LogP contribution in [0.25, 0.3) is 0 Å². The molecule has 0 unspecified atom stereocenters. The minimum atomic E-state index is -1.34. The molecule has 0 amide bonds. The van der Waals surface area contributed by atoms with Crippen molar-refractivity contribution in [1.82, 2.24) is 0 Å². The van der Waals surface area contributed by atoms with Gasteiger partial charge in [0.2, 0.25) is 11.6 Å². The zero-order valence-corrected chi connectivity index (χ0v) is 36.9. The van der Waals surface area contributed by atoms with Gasteiger partial charge in [0.25, 0.3) is 0 Å². The van der Waals surface area contributed by atoms with Gasteiger partial charge in [0.15, 0.2) is 29.2 Å². The summed E-state index contributed by atoms with van der Waals surface area (Å²) in [5.74, 6) is -3.58. The molecular weight excluding hydrogens is 817 g/mol. The van der Waals surface area contributed by atoms with Crippen LogP contribution in [0.15, 0.2) is 146 Å². The molecule has 338 valence electrons. The van der Waals surface area contributed by atoms with Crippen molar-refractivity contribution < 1.29 is 56.8 Å². The van der Waals surface area contributed by atoms with Crippen molar-refractivity contribution in [3.8, 4) is 11.5 Å². The lowest BCUT2D eigenvalue weighted by molar-refractivity contribution is -0.342. The maximum absolute atomic E-state index is 7.08. The zero-order chi connectivity index (χ0) is 44.0. The normalized spacial score (nSPS) is 29.3. The summed E-state index contributed by atoms with van der Waals surface area (Å²) in [6, 6.07) is 47.5. The highest BCUT2D eigenvalue weighted by Crippen LogP contribution is 2.46. The SMILES string of the molecule is CC1(C)OC[C@]2(OC[C@@H](OCc3ccccc3)[C@@H](OCc3ccccc3)[C@@H]2Oc2ccccc2OC[C@H]2O[C@]3(COC(C)(C)O3)[C@@H](OCc3ccccc3)[C@@H]2OCc2ccccc2)O1. The molecule has 8 atom stereocenters. The molecule has 0 saturated carbocycles. The molecule has 4 saturated heterocycles. The van der Waals surface area contributed by atoms with E-state index in [1.165, 1.54) is 0 Å². The summed E-state index contributed by atoms with van der Waals surface area (Å²) < 4.78 is 79.8. The van der Waals surface area contributed by atoms with Gasteiger partial charge in [-0.3, -0.25) is 0 Å². The van der Waals surface area contributed by atoms with Gasteiger partial charge < -0.3 is 56.8 Å². The molecule has 4 fully saturated rings. The van der Waals surface area contributed by atoms with Crippen LogP contribution in [0, 0.1) is 0 Å². The maximum atomic E-state index is 7.08. The first kappa shape index (κ1) is 44.5.